The molecular formula is C13H23N3O2S. The second-order valence-electron chi connectivity index (χ2n) is 5.14. The van der Waals surface area contributed by atoms with Gasteiger partial charge in [-0.15, -0.1) is 0 Å². The zero-order chi connectivity index (χ0) is 13.8. The van der Waals surface area contributed by atoms with Gasteiger partial charge in [-0.25, -0.2) is 4.98 Å². The number of thiazole rings is 1. The van der Waals surface area contributed by atoms with Gasteiger partial charge in [0.25, 0.3) is 0 Å². The van der Waals surface area contributed by atoms with Gasteiger partial charge in [0.15, 0.2) is 5.13 Å². The number of ether oxygens (including phenoxy) is 1. The van der Waals surface area contributed by atoms with Crippen molar-refractivity contribution in [2.24, 2.45) is 0 Å². The lowest BCUT2D eigenvalue weighted by atomic mass is 10.0. The highest BCUT2D eigenvalue weighted by Crippen LogP contribution is 2.29. The van der Waals surface area contributed by atoms with Crippen LogP contribution in [0.25, 0.3) is 0 Å². The van der Waals surface area contributed by atoms with E-state index < -0.39 is 0 Å². The molecule has 5 nitrogen and oxygen atoms in total. The highest BCUT2D eigenvalue weighted by molar-refractivity contribution is 7.15. The van der Waals surface area contributed by atoms with Gasteiger partial charge in [-0.05, 0) is 26.9 Å². The van der Waals surface area contributed by atoms with Crippen LogP contribution in [0.3, 0.4) is 0 Å². The molecule has 6 heteroatoms. The van der Waals surface area contributed by atoms with Crippen LogP contribution in [-0.4, -0.2) is 55.3 Å². The fourth-order valence-corrected chi connectivity index (χ4v) is 3.43. The number of aliphatic hydroxyl groups is 1. The monoisotopic (exact) mass is 285 g/mol. The first-order valence-electron chi connectivity index (χ1n) is 6.65. The summed E-state index contributed by atoms with van der Waals surface area (Å²) in [5, 5.41) is 10.4. The Morgan fingerprint density at radius 3 is 2.63 bits per heavy atom. The van der Waals surface area contributed by atoms with E-state index >= 15 is 0 Å². The molecule has 0 unspecified atom stereocenters. The normalized spacial score (nSPS) is 17.4. The summed E-state index contributed by atoms with van der Waals surface area (Å²) in [5.74, 6) is 0. The summed E-state index contributed by atoms with van der Waals surface area (Å²) in [4.78, 5) is 10.2. The molecule has 0 aliphatic carbocycles. The highest BCUT2D eigenvalue weighted by atomic mass is 32.1. The van der Waals surface area contributed by atoms with E-state index in [1.54, 1.807) is 18.4 Å². The molecule has 0 amide bonds. The van der Waals surface area contributed by atoms with Crippen molar-refractivity contribution in [1.29, 1.82) is 0 Å². The van der Waals surface area contributed by atoms with Crippen molar-refractivity contribution in [3.8, 4) is 0 Å². The van der Waals surface area contributed by atoms with Gasteiger partial charge in [-0.1, -0.05) is 11.3 Å². The average Bonchev–Trinajstić information content (AvgIpc) is 2.82. The minimum Gasteiger partial charge on any atom is -0.391 e. The SMILES string of the molecule is COCc1nc(N2CCC(N(C)C)CC2)sc1CO. The quantitative estimate of drug-likeness (QED) is 0.884. The van der Waals surface area contributed by atoms with E-state index in [-0.39, 0.29) is 6.61 Å². The third kappa shape index (κ3) is 3.45. The first kappa shape index (κ1) is 14.7. The van der Waals surface area contributed by atoms with Crippen molar-refractivity contribution in [2.75, 3.05) is 39.2 Å². The molecule has 1 aliphatic rings. The summed E-state index contributed by atoms with van der Waals surface area (Å²) in [6.45, 7) is 2.59. The maximum atomic E-state index is 9.36. The van der Waals surface area contributed by atoms with E-state index in [1.165, 1.54) is 12.8 Å². The second-order valence-corrected chi connectivity index (χ2v) is 6.20. The van der Waals surface area contributed by atoms with Gasteiger partial charge in [0.1, 0.15) is 0 Å². The van der Waals surface area contributed by atoms with Crippen molar-refractivity contribution in [3.05, 3.63) is 10.6 Å². The number of aromatic nitrogens is 1. The van der Waals surface area contributed by atoms with E-state index in [4.69, 9.17) is 4.74 Å². The summed E-state index contributed by atoms with van der Waals surface area (Å²) in [7, 11) is 5.94. The molecule has 0 spiro atoms. The predicted octanol–water partition coefficient (Wildman–Crippen LogP) is 1.31. The lowest BCUT2D eigenvalue weighted by Gasteiger charge is -2.35. The van der Waals surface area contributed by atoms with Gasteiger partial charge in [0.2, 0.25) is 0 Å². The van der Waals surface area contributed by atoms with Gasteiger partial charge in [-0.3, -0.25) is 0 Å². The molecular weight excluding hydrogens is 262 g/mol. The first-order valence-corrected chi connectivity index (χ1v) is 7.47. The van der Waals surface area contributed by atoms with Crippen molar-refractivity contribution in [1.82, 2.24) is 9.88 Å². The van der Waals surface area contributed by atoms with Crippen molar-refractivity contribution >= 4 is 16.5 Å². The largest absolute Gasteiger partial charge is 0.391 e. The fourth-order valence-electron chi connectivity index (χ4n) is 2.45. The molecule has 0 radical (unpaired) electrons. The van der Waals surface area contributed by atoms with Gasteiger partial charge < -0.3 is 19.6 Å². The minimum absolute atomic E-state index is 0.0462. The third-order valence-electron chi connectivity index (χ3n) is 3.66. The number of nitrogens with zero attached hydrogens (tertiary/aromatic N) is 3. The van der Waals surface area contributed by atoms with E-state index in [0.717, 1.165) is 28.8 Å². The lowest BCUT2D eigenvalue weighted by Crippen LogP contribution is -2.41. The maximum Gasteiger partial charge on any atom is 0.185 e. The van der Waals surface area contributed by atoms with E-state index in [2.05, 4.69) is 28.9 Å². The molecule has 0 atom stereocenters. The van der Waals surface area contributed by atoms with Crippen LogP contribution in [0.5, 0.6) is 0 Å². The second kappa shape index (κ2) is 6.65. The number of piperidine rings is 1. The molecule has 1 aromatic heterocycles. The summed E-state index contributed by atoms with van der Waals surface area (Å²) in [6, 6.07) is 0.673. The standard InChI is InChI=1S/C13H23N3O2S/c1-15(2)10-4-6-16(7-5-10)13-14-11(9-18-3)12(8-17)19-13/h10,17H,4-9H2,1-3H3. The van der Waals surface area contributed by atoms with Crippen LogP contribution in [0.1, 0.15) is 23.4 Å². The third-order valence-corrected chi connectivity index (χ3v) is 4.80. The molecule has 1 N–H and O–H groups in total. The summed E-state index contributed by atoms with van der Waals surface area (Å²) < 4.78 is 5.13. The summed E-state index contributed by atoms with van der Waals surface area (Å²) in [5.41, 5.74) is 0.875. The number of aliphatic hydroxyl groups excluding tert-OH is 1. The van der Waals surface area contributed by atoms with Crippen molar-refractivity contribution in [2.45, 2.75) is 32.1 Å². The zero-order valence-electron chi connectivity index (χ0n) is 11.9. The molecule has 0 bridgehead atoms. The maximum absolute atomic E-state index is 9.36. The molecule has 0 saturated carbocycles. The molecule has 1 aliphatic heterocycles. The first-order chi connectivity index (χ1) is 9.15. The van der Waals surface area contributed by atoms with Gasteiger partial charge >= 0.3 is 0 Å². The molecule has 2 rings (SSSR count). The molecule has 19 heavy (non-hydrogen) atoms. The Balaban J connectivity index is 2.03. The van der Waals surface area contributed by atoms with Crippen molar-refractivity contribution < 1.29 is 9.84 Å². The minimum atomic E-state index is 0.0462. The number of hydrogen-bond donors (Lipinski definition) is 1. The van der Waals surface area contributed by atoms with Crippen LogP contribution in [0.15, 0.2) is 0 Å². The topological polar surface area (TPSA) is 48.8 Å². The Kier molecular flexibility index (Phi) is 5.15. The molecule has 0 aromatic carbocycles. The summed E-state index contributed by atoms with van der Waals surface area (Å²) in [6.07, 6.45) is 2.33. The summed E-state index contributed by atoms with van der Waals surface area (Å²) >= 11 is 1.59. The van der Waals surface area contributed by atoms with Crippen LogP contribution >= 0.6 is 11.3 Å². The van der Waals surface area contributed by atoms with Gasteiger partial charge in [0.05, 0.1) is 23.8 Å². The lowest BCUT2D eigenvalue weighted by molar-refractivity contribution is 0.179. The zero-order valence-corrected chi connectivity index (χ0v) is 12.7. The molecule has 2 heterocycles. The van der Waals surface area contributed by atoms with Crippen LogP contribution in [0.2, 0.25) is 0 Å². The Labute approximate surface area is 118 Å². The van der Waals surface area contributed by atoms with Crippen LogP contribution in [-0.2, 0) is 18.0 Å². The number of anilines is 1. The predicted molar refractivity (Wildman–Crippen MR) is 77.7 cm³/mol. The van der Waals surface area contributed by atoms with Gasteiger partial charge in [-0.2, -0.15) is 0 Å². The van der Waals surface area contributed by atoms with E-state index in [0.29, 0.717) is 12.6 Å². The Hall–Kier alpha value is -0.690. The Morgan fingerprint density at radius 2 is 2.11 bits per heavy atom. The number of methoxy groups -OCH3 is 1. The molecule has 1 aromatic rings. The average molecular weight is 285 g/mol. The van der Waals surface area contributed by atoms with Crippen LogP contribution < -0.4 is 4.90 Å². The number of rotatable bonds is 5. The fraction of sp³-hybridized carbons (Fsp3) is 0.769. The molecule has 1 saturated heterocycles. The Bertz CT molecular complexity index is 401. The molecule has 108 valence electrons. The van der Waals surface area contributed by atoms with Crippen LogP contribution in [0.4, 0.5) is 5.13 Å². The van der Waals surface area contributed by atoms with E-state index in [9.17, 15) is 5.11 Å². The highest BCUT2D eigenvalue weighted by Gasteiger charge is 2.23. The molecule has 1 fully saturated rings. The van der Waals surface area contributed by atoms with Gasteiger partial charge in [0, 0.05) is 26.2 Å². The van der Waals surface area contributed by atoms with Crippen LogP contribution in [0, 0.1) is 0 Å². The number of hydrogen-bond acceptors (Lipinski definition) is 6. The van der Waals surface area contributed by atoms with E-state index in [1.807, 2.05) is 0 Å². The Morgan fingerprint density at radius 1 is 1.42 bits per heavy atom. The van der Waals surface area contributed by atoms with Crippen molar-refractivity contribution in [3.63, 3.8) is 0 Å². The smallest absolute Gasteiger partial charge is 0.185 e.